The molecule has 0 fully saturated rings. The molecule has 7 heteroatoms. The first-order chi connectivity index (χ1) is 15.5. The van der Waals surface area contributed by atoms with E-state index >= 15 is 0 Å². The fourth-order valence-electron chi connectivity index (χ4n) is 3.29. The Morgan fingerprint density at radius 1 is 1.03 bits per heavy atom. The van der Waals surface area contributed by atoms with Crippen molar-refractivity contribution < 1.29 is 14.3 Å². The van der Waals surface area contributed by atoms with E-state index in [-0.39, 0.29) is 18.1 Å². The van der Waals surface area contributed by atoms with Crippen molar-refractivity contribution in [3.05, 3.63) is 100 Å². The highest BCUT2D eigenvalue weighted by molar-refractivity contribution is 6.05. The number of hydrogen-bond acceptors (Lipinski definition) is 5. The average Bonchev–Trinajstić information content (AvgIpc) is 2.80. The van der Waals surface area contributed by atoms with Crippen LogP contribution in [0.2, 0.25) is 0 Å². The molecule has 4 rings (SSSR count). The van der Waals surface area contributed by atoms with Gasteiger partial charge in [-0.15, -0.1) is 0 Å². The lowest BCUT2D eigenvalue weighted by molar-refractivity contribution is 0.102. The minimum Gasteiger partial charge on any atom is -0.494 e. The summed E-state index contributed by atoms with van der Waals surface area (Å²) >= 11 is 0. The number of para-hydroxylation sites is 2. The average molecular weight is 429 g/mol. The first-order valence-electron chi connectivity index (χ1n) is 10.3. The van der Waals surface area contributed by atoms with E-state index in [9.17, 15) is 9.59 Å². The van der Waals surface area contributed by atoms with Crippen LogP contribution in [0, 0.1) is 6.92 Å². The van der Waals surface area contributed by atoms with Crippen molar-refractivity contribution in [3.8, 4) is 11.5 Å². The highest BCUT2D eigenvalue weighted by atomic mass is 16.5. The van der Waals surface area contributed by atoms with Crippen LogP contribution in [0.1, 0.15) is 28.5 Å². The summed E-state index contributed by atoms with van der Waals surface area (Å²) in [6.07, 6.45) is 1.69. The molecule has 0 radical (unpaired) electrons. The molecule has 32 heavy (non-hydrogen) atoms. The quantitative estimate of drug-likeness (QED) is 0.475. The predicted octanol–water partition coefficient (Wildman–Crippen LogP) is 4.23. The largest absolute Gasteiger partial charge is 0.494 e. The molecule has 0 bridgehead atoms. The van der Waals surface area contributed by atoms with Crippen LogP contribution < -0.4 is 20.3 Å². The number of ether oxygens (including phenoxy) is 2. The second kappa shape index (κ2) is 9.34. The lowest BCUT2D eigenvalue weighted by Crippen LogP contribution is -2.17. The molecule has 2 heterocycles. The van der Waals surface area contributed by atoms with Gasteiger partial charge in [0.1, 0.15) is 23.8 Å². The van der Waals surface area contributed by atoms with Gasteiger partial charge in [0.25, 0.3) is 11.5 Å². The maximum atomic E-state index is 12.7. The normalized spacial score (nSPS) is 10.7. The Hall–Kier alpha value is -4.13. The van der Waals surface area contributed by atoms with E-state index in [0.717, 1.165) is 5.56 Å². The molecule has 1 N–H and O–H groups in total. The monoisotopic (exact) mass is 429 g/mol. The number of fused-ring (bicyclic) bond motifs is 1. The van der Waals surface area contributed by atoms with Crippen LogP contribution in [0.3, 0.4) is 0 Å². The number of benzene rings is 2. The van der Waals surface area contributed by atoms with Crippen molar-refractivity contribution in [1.82, 2.24) is 9.38 Å². The molecule has 0 aliphatic carbocycles. The molecule has 162 valence electrons. The fourth-order valence-corrected chi connectivity index (χ4v) is 3.29. The van der Waals surface area contributed by atoms with Crippen molar-refractivity contribution in [2.24, 2.45) is 0 Å². The molecule has 2 aromatic carbocycles. The summed E-state index contributed by atoms with van der Waals surface area (Å²) in [7, 11) is 0. The molecule has 2 aromatic heterocycles. The molecule has 1 amide bonds. The number of amides is 1. The molecule has 0 saturated heterocycles. The summed E-state index contributed by atoms with van der Waals surface area (Å²) in [5, 5.41) is 2.87. The Labute approximate surface area is 185 Å². The maximum Gasteiger partial charge on any atom is 0.258 e. The van der Waals surface area contributed by atoms with E-state index in [1.165, 1.54) is 10.5 Å². The standard InChI is InChI=1S/C25H23N3O4/c1-3-31-20-12-10-18(11-13-20)25(30)27-21-8-4-5-9-22(21)32-16-19-15-23(29)28-14-6-7-17(2)24(28)26-19/h4-15H,3,16H2,1-2H3,(H,27,30). The lowest BCUT2D eigenvalue weighted by Gasteiger charge is -2.13. The summed E-state index contributed by atoms with van der Waals surface area (Å²) in [4.78, 5) is 29.6. The summed E-state index contributed by atoms with van der Waals surface area (Å²) < 4.78 is 12.8. The number of anilines is 1. The number of pyridine rings is 1. The molecule has 0 aliphatic rings. The van der Waals surface area contributed by atoms with Crippen molar-refractivity contribution in [1.29, 1.82) is 0 Å². The van der Waals surface area contributed by atoms with E-state index in [0.29, 0.717) is 40.7 Å². The van der Waals surface area contributed by atoms with Gasteiger partial charge in [-0.2, -0.15) is 0 Å². The number of carbonyl (C=O) groups excluding carboxylic acids is 1. The Morgan fingerprint density at radius 3 is 2.59 bits per heavy atom. The Morgan fingerprint density at radius 2 is 1.81 bits per heavy atom. The number of nitrogens with zero attached hydrogens (tertiary/aromatic N) is 2. The molecular weight excluding hydrogens is 406 g/mol. The van der Waals surface area contributed by atoms with Crippen LogP contribution in [-0.2, 0) is 6.61 Å². The van der Waals surface area contributed by atoms with E-state index < -0.39 is 0 Å². The first-order valence-corrected chi connectivity index (χ1v) is 10.3. The third-order valence-electron chi connectivity index (χ3n) is 4.88. The molecule has 4 aromatic rings. The molecular formula is C25H23N3O4. The van der Waals surface area contributed by atoms with Crippen LogP contribution >= 0.6 is 0 Å². The fraction of sp³-hybridized carbons (Fsp3) is 0.160. The van der Waals surface area contributed by atoms with Gasteiger partial charge in [0.15, 0.2) is 0 Å². The zero-order valence-electron chi connectivity index (χ0n) is 17.9. The number of carbonyl (C=O) groups is 1. The first kappa shape index (κ1) is 21.1. The second-order valence-corrected chi connectivity index (χ2v) is 7.17. The Kier molecular flexibility index (Phi) is 6.17. The molecule has 0 unspecified atom stereocenters. The summed E-state index contributed by atoms with van der Waals surface area (Å²) in [6.45, 7) is 4.46. The smallest absolute Gasteiger partial charge is 0.258 e. The van der Waals surface area contributed by atoms with Crippen LogP contribution in [0.25, 0.3) is 5.65 Å². The summed E-state index contributed by atoms with van der Waals surface area (Å²) in [5.74, 6) is 0.933. The number of rotatable bonds is 7. The van der Waals surface area contributed by atoms with Gasteiger partial charge in [-0.25, -0.2) is 4.98 Å². The highest BCUT2D eigenvalue weighted by Crippen LogP contribution is 2.25. The molecule has 7 nitrogen and oxygen atoms in total. The van der Waals surface area contributed by atoms with Gasteiger partial charge in [-0.1, -0.05) is 18.2 Å². The minimum absolute atomic E-state index is 0.0933. The zero-order valence-corrected chi connectivity index (χ0v) is 17.9. The number of aromatic nitrogens is 2. The minimum atomic E-state index is -0.262. The van der Waals surface area contributed by atoms with E-state index in [4.69, 9.17) is 9.47 Å². The van der Waals surface area contributed by atoms with Gasteiger partial charge in [0.05, 0.1) is 18.0 Å². The third kappa shape index (κ3) is 4.62. The second-order valence-electron chi connectivity index (χ2n) is 7.17. The zero-order chi connectivity index (χ0) is 22.5. The van der Waals surface area contributed by atoms with Crippen molar-refractivity contribution >= 4 is 17.2 Å². The van der Waals surface area contributed by atoms with Crippen LogP contribution in [0.4, 0.5) is 5.69 Å². The number of nitrogens with one attached hydrogen (secondary N) is 1. The van der Waals surface area contributed by atoms with Crippen LogP contribution in [0.5, 0.6) is 11.5 Å². The van der Waals surface area contributed by atoms with Gasteiger partial charge in [0, 0.05) is 17.8 Å². The highest BCUT2D eigenvalue weighted by Gasteiger charge is 2.11. The van der Waals surface area contributed by atoms with Crippen LogP contribution in [0.15, 0.2) is 77.7 Å². The van der Waals surface area contributed by atoms with Crippen molar-refractivity contribution in [3.63, 3.8) is 0 Å². The van der Waals surface area contributed by atoms with E-state index in [1.54, 1.807) is 42.6 Å². The predicted molar refractivity (Wildman–Crippen MR) is 123 cm³/mol. The maximum absolute atomic E-state index is 12.7. The van der Waals surface area contributed by atoms with Gasteiger partial charge < -0.3 is 14.8 Å². The van der Waals surface area contributed by atoms with Gasteiger partial charge in [-0.3, -0.25) is 14.0 Å². The SMILES string of the molecule is CCOc1ccc(C(=O)Nc2ccccc2OCc2cc(=O)n3cccc(C)c3n2)cc1. The van der Waals surface area contributed by atoms with Crippen LogP contribution in [-0.4, -0.2) is 21.9 Å². The van der Waals surface area contributed by atoms with E-state index in [1.807, 2.05) is 38.1 Å². The summed E-state index contributed by atoms with van der Waals surface area (Å²) in [5.41, 5.74) is 2.86. The number of aryl methyl sites for hydroxylation is 1. The molecule has 0 saturated carbocycles. The topological polar surface area (TPSA) is 81.9 Å². The Balaban J connectivity index is 1.50. The van der Waals surface area contributed by atoms with Gasteiger partial charge in [-0.05, 0) is 61.9 Å². The van der Waals surface area contributed by atoms with Crippen molar-refractivity contribution in [2.75, 3.05) is 11.9 Å². The van der Waals surface area contributed by atoms with Crippen molar-refractivity contribution in [2.45, 2.75) is 20.5 Å². The van der Waals surface area contributed by atoms with Gasteiger partial charge in [0.2, 0.25) is 0 Å². The Bertz CT molecular complexity index is 1310. The van der Waals surface area contributed by atoms with E-state index in [2.05, 4.69) is 10.3 Å². The lowest BCUT2D eigenvalue weighted by atomic mass is 10.2. The molecule has 0 spiro atoms. The third-order valence-corrected chi connectivity index (χ3v) is 4.88. The molecule has 0 atom stereocenters. The summed E-state index contributed by atoms with van der Waals surface area (Å²) in [6, 6.07) is 19.2. The van der Waals surface area contributed by atoms with Gasteiger partial charge >= 0.3 is 0 Å². The number of hydrogen-bond donors (Lipinski definition) is 1. The molecule has 0 aliphatic heterocycles.